The Hall–Kier alpha value is -2.45. The molecule has 0 bridgehead atoms. The molecule has 0 aliphatic carbocycles. The summed E-state index contributed by atoms with van der Waals surface area (Å²) >= 11 is 1.55. The highest BCUT2D eigenvalue weighted by Crippen LogP contribution is 2.15. The van der Waals surface area contributed by atoms with Gasteiger partial charge in [-0.2, -0.15) is 0 Å². The molecule has 0 radical (unpaired) electrons. The highest BCUT2D eigenvalue weighted by molar-refractivity contribution is 7.09. The van der Waals surface area contributed by atoms with Crippen LogP contribution in [-0.4, -0.2) is 39.4 Å². The largest absolute Gasteiger partial charge is 0.331 e. The second-order valence-corrected chi connectivity index (χ2v) is 6.79. The van der Waals surface area contributed by atoms with E-state index in [1.165, 1.54) is 0 Å². The number of hydrogen-bond acceptors (Lipinski definition) is 5. The molecule has 0 saturated carbocycles. The van der Waals surface area contributed by atoms with Crippen molar-refractivity contribution in [3.05, 3.63) is 46.3 Å². The lowest BCUT2D eigenvalue weighted by Crippen LogP contribution is -2.28. The average molecular weight is 344 g/mol. The van der Waals surface area contributed by atoms with E-state index in [0.717, 1.165) is 34.1 Å². The van der Waals surface area contributed by atoms with Crippen LogP contribution in [0.15, 0.2) is 30.0 Å². The summed E-state index contributed by atoms with van der Waals surface area (Å²) in [4.78, 5) is 22.9. The quantitative estimate of drug-likeness (QED) is 0.746. The van der Waals surface area contributed by atoms with E-state index in [1.54, 1.807) is 17.5 Å². The van der Waals surface area contributed by atoms with Gasteiger partial charge in [0.15, 0.2) is 0 Å². The maximum atomic E-state index is 12.1. The van der Waals surface area contributed by atoms with Crippen LogP contribution in [0, 0.1) is 6.92 Å². The molecule has 0 aliphatic rings. The van der Waals surface area contributed by atoms with E-state index in [4.69, 9.17) is 0 Å². The number of imidazole rings is 1. The van der Waals surface area contributed by atoms with Crippen molar-refractivity contribution in [1.82, 2.24) is 24.6 Å². The molecule has 0 aliphatic heterocycles. The smallest absolute Gasteiger partial charge is 0.319 e. The van der Waals surface area contributed by atoms with Gasteiger partial charge >= 0.3 is 6.03 Å². The standard InChI is InChI=1S/C16H20N6OS/c1-11-6-12(9-22-5-4-17-15(11)22)20-16(23)18-7-14-19-13(10-24-14)8-21(2)3/h4-6,9-10H,7-8H2,1-3H3,(H2,18,20,23). The average Bonchev–Trinajstić information content (AvgIpc) is 3.14. The fourth-order valence-electron chi connectivity index (χ4n) is 2.43. The zero-order valence-corrected chi connectivity index (χ0v) is 14.7. The Balaban J connectivity index is 1.57. The van der Waals surface area contributed by atoms with E-state index in [0.29, 0.717) is 6.54 Å². The van der Waals surface area contributed by atoms with Crippen LogP contribution in [0.25, 0.3) is 5.65 Å². The first-order valence-electron chi connectivity index (χ1n) is 7.57. The zero-order valence-electron chi connectivity index (χ0n) is 13.9. The van der Waals surface area contributed by atoms with Gasteiger partial charge in [-0.05, 0) is 32.6 Å². The number of fused-ring (bicyclic) bond motifs is 1. The number of hydrogen-bond donors (Lipinski definition) is 2. The van der Waals surface area contributed by atoms with Gasteiger partial charge in [-0.3, -0.25) is 0 Å². The van der Waals surface area contributed by atoms with Crippen LogP contribution < -0.4 is 10.6 Å². The van der Waals surface area contributed by atoms with E-state index in [-0.39, 0.29) is 6.03 Å². The number of thiazole rings is 1. The summed E-state index contributed by atoms with van der Waals surface area (Å²) < 4.78 is 1.89. The molecule has 3 aromatic rings. The predicted octanol–water partition coefficient (Wildman–Crippen LogP) is 2.48. The first-order valence-corrected chi connectivity index (χ1v) is 8.45. The summed E-state index contributed by atoms with van der Waals surface area (Å²) in [5.74, 6) is 0. The Labute approximate surface area is 144 Å². The summed E-state index contributed by atoms with van der Waals surface area (Å²) in [6.45, 7) is 3.18. The van der Waals surface area contributed by atoms with Gasteiger partial charge in [0.2, 0.25) is 0 Å². The minimum Gasteiger partial charge on any atom is -0.331 e. The minimum absolute atomic E-state index is 0.252. The van der Waals surface area contributed by atoms with Crippen molar-refractivity contribution in [2.75, 3.05) is 19.4 Å². The van der Waals surface area contributed by atoms with E-state index >= 15 is 0 Å². The minimum atomic E-state index is -0.252. The van der Waals surface area contributed by atoms with Gasteiger partial charge in [-0.15, -0.1) is 11.3 Å². The second kappa shape index (κ2) is 6.98. The molecule has 0 spiro atoms. The topological polar surface area (TPSA) is 74.6 Å². The van der Waals surface area contributed by atoms with Gasteiger partial charge in [0, 0.05) is 30.5 Å². The molecule has 0 aromatic carbocycles. The zero-order chi connectivity index (χ0) is 17.1. The number of aromatic nitrogens is 3. The van der Waals surface area contributed by atoms with Gasteiger partial charge < -0.3 is 19.9 Å². The molecular formula is C16H20N6OS. The van der Waals surface area contributed by atoms with Crippen molar-refractivity contribution >= 4 is 28.7 Å². The SMILES string of the molecule is Cc1cc(NC(=O)NCc2nc(CN(C)C)cs2)cn2ccnc12. The summed E-state index contributed by atoms with van der Waals surface area (Å²) in [5.41, 5.74) is 3.63. The molecule has 2 amide bonds. The highest BCUT2D eigenvalue weighted by atomic mass is 32.1. The molecule has 7 nitrogen and oxygen atoms in total. The molecule has 2 N–H and O–H groups in total. The predicted molar refractivity (Wildman–Crippen MR) is 95.3 cm³/mol. The van der Waals surface area contributed by atoms with Crippen LogP contribution in [0.5, 0.6) is 0 Å². The maximum Gasteiger partial charge on any atom is 0.319 e. The summed E-state index contributed by atoms with van der Waals surface area (Å²) in [7, 11) is 4.01. The number of carbonyl (C=O) groups is 1. The van der Waals surface area contributed by atoms with Crippen molar-refractivity contribution in [1.29, 1.82) is 0 Å². The molecule has 0 atom stereocenters. The van der Waals surface area contributed by atoms with Gasteiger partial charge in [0.05, 0.1) is 17.9 Å². The molecule has 8 heteroatoms. The van der Waals surface area contributed by atoms with Crippen LogP contribution in [0.1, 0.15) is 16.3 Å². The molecule has 3 aromatic heterocycles. The monoisotopic (exact) mass is 344 g/mol. The molecule has 24 heavy (non-hydrogen) atoms. The van der Waals surface area contributed by atoms with Crippen molar-refractivity contribution in [3.8, 4) is 0 Å². The Kier molecular flexibility index (Phi) is 4.77. The first kappa shape index (κ1) is 16.4. The molecule has 0 fully saturated rings. The Morgan fingerprint density at radius 1 is 1.42 bits per heavy atom. The second-order valence-electron chi connectivity index (χ2n) is 5.85. The maximum absolute atomic E-state index is 12.1. The Bertz CT molecular complexity index is 853. The first-order chi connectivity index (χ1) is 11.5. The van der Waals surface area contributed by atoms with Crippen molar-refractivity contribution in [3.63, 3.8) is 0 Å². The Morgan fingerprint density at radius 2 is 2.25 bits per heavy atom. The molecule has 0 saturated heterocycles. The lowest BCUT2D eigenvalue weighted by atomic mass is 10.3. The van der Waals surface area contributed by atoms with Crippen LogP contribution in [0.4, 0.5) is 10.5 Å². The number of carbonyl (C=O) groups excluding carboxylic acids is 1. The van der Waals surface area contributed by atoms with E-state index in [1.807, 2.05) is 49.3 Å². The molecular weight excluding hydrogens is 324 g/mol. The number of rotatable bonds is 5. The molecule has 126 valence electrons. The van der Waals surface area contributed by atoms with Crippen molar-refractivity contribution in [2.45, 2.75) is 20.0 Å². The fraction of sp³-hybridized carbons (Fsp3) is 0.312. The third-order valence-electron chi connectivity index (χ3n) is 3.41. The number of nitrogens with one attached hydrogen (secondary N) is 2. The van der Waals surface area contributed by atoms with Crippen molar-refractivity contribution < 1.29 is 4.79 Å². The van der Waals surface area contributed by atoms with E-state index in [2.05, 4.69) is 25.5 Å². The fourth-order valence-corrected chi connectivity index (χ4v) is 3.16. The van der Waals surface area contributed by atoms with Gasteiger partial charge in [-0.1, -0.05) is 0 Å². The van der Waals surface area contributed by atoms with Crippen LogP contribution in [-0.2, 0) is 13.1 Å². The third kappa shape index (κ3) is 3.90. The van der Waals surface area contributed by atoms with Crippen LogP contribution in [0.2, 0.25) is 0 Å². The molecule has 0 unspecified atom stereocenters. The summed E-state index contributed by atoms with van der Waals surface area (Å²) in [5, 5.41) is 8.59. The van der Waals surface area contributed by atoms with Gasteiger partial charge in [0.1, 0.15) is 10.7 Å². The highest BCUT2D eigenvalue weighted by Gasteiger charge is 2.08. The number of amides is 2. The third-order valence-corrected chi connectivity index (χ3v) is 4.30. The molecule has 3 heterocycles. The molecule has 3 rings (SSSR count). The van der Waals surface area contributed by atoms with Gasteiger partial charge in [-0.25, -0.2) is 14.8 Å². The number of pyridine rings is 1. The number of anilines is 1. The number of urea groups is 1. The van der Waals surface area contributed by atoms with E-state index < -0.39 is 0 Å². The van der Waals surface area contributed by atoms with Gasteiger partial charge in [0.25, 0.3) is 0 Å². The summed E-state index contributed by atoms with van der Waals surface area (Å²) in [6, 6.07) is 1.65. The number of nitrogens with zero attached hydrogens (tertiary/aromatic N) is 4. The van der Waals surface area contributed by atoms with Crippen LogP contribution >= 0.6 is 11.3 Å². The summed E-state index contributed by atoms with van der Waals surface area (Å²) in [6.07, 6.45) is 5.43. The van der Waals surface area contributed by atoms with E-state index in [9.17, 15) is 4.79 Å². The van der Waals surface area contributed by atoms with Crippen LogP contribution in [0.3, 0.4) is 0 Å². The number of aryl methyl sites for hydroxylation is 1. The lowest BCUT2D eigenvalue weighted by molar-refractivity contribution is 0.251. The van der Waals surface area contributed by atoms with Crippen molar-refractivity contribution in [2.24, 2.45) is 0 Å². The lowest BCUT2D eigenvalue weighted by Gasteiger charge is -2.08. The normalized spacial score (nSPS) is 11.2. The Morgan fingerprint density at radius 3 is 3.04 bits per heavy atom.